The number of anilines is 1. The summed E-state index contributed by atoms with van der Waals surface area (Å²) >= 11 is 0. The van der Waals surface area contributed by atoms with Crippen LogP contribution in [-0.4, -0.2) is 34.1 Å². The Morgan fingerprint density at radius 1 is 1.62 bits per heavy atom. The van der Waals surface area contributed by atoms with Crippen LogP contribution in [0.25, 0.3) is 0 Å². The third kappa shape index (κ3) is 3.04. The molecule has 0 amide bonds. The molecule has 0 spiro atoms. The molecule has 0 bridgehead atoms. The normalized spacial score (nSPS) is 13.6. The van der Waals surface area contributed by atoms with Crippen LogP contribution in [-0.2, 0) is 0 Å². The maximum Gasteiger partial charge on any atom is 0.225 e. The SMILES string of the molecule is CC(CC(N)=NO)N(C)c1ncc(F)cn1. The van der Waals surface area contributed by atoms with Gasteiger partial charge in [-0.3, -0.25) is 0 Å². The fraction of sp³-hybridized carbons (Fsp3) is 0.444. The lowest BCUT2D eigenvalue weighted by Gasteiger charge is -2.24. The maximum absolute atomic E-state index is 12.6. The van der Waals surface area contributed by atoms with Crippen molar-refractivity contribution in [3.63, 3.8) is 0 Å². The average Bonchev–Trinajstić information content (AvgIpc) is 2.28. The molecular formula is C9H14FN5O. The van der Waals surface area contributed by atoms with E-state index < -0.39 is 5.82 Å². The van der Waals surface area contributed by atoms with Gasteiger partial charge in [0.25, 0.3) is 0 Å². The maximum atomic E-state index is 12.6. The van der Waals surface area contributed by atoms with E-state index in [1.165, 1.54) is 0 Å². The van der Waals surface area contributed by atoms with Crippen LogP contribution >= 0.6 is 0 Å². The van der Waals surface area contributed by atoms with Crippen molar-refractivity contribution in [2.75, 3.05) is 11.9 Å². The van der Waals surface area contributed by atoms with Gasteiger partial charge >= 0.3 is 0 Å². The molecule has 1 aromatic rings. The van der Waals surface area contributed by atoms with Crippen molar-refractivity contribution >= 4 is 11.8 Å². The first-order valence-corrected chi connectivity index (χ1v) is 4.71. The van der Waals surface area contributed by atoms with Crippen LogP contribution in [0.15, 0.2) is 17.5 Å². The second-order valence-corrected chi connectivity index (χ2v) is 3.46. The van der Waals surface area contributed by atoms with E-state index in [9.17, 15) is 4.39 Å². The molecule has 0 fully saturated rings. The number of rotatable bonds is 4. The number of nitrogens with two attached hydrogens (primary N) is 1. The third-order valence-corrected chi connectivity index (χ3v) is 2.22. The monoisotopic (exact) mass is 227 g/mol. The lowest BCUT2D eigenvalue weighted by molar-refractivity contribution is 0.316. The van der Waals surface area contributed by atoms with Crippen LogP contribution in [0, 0.1) is 5.82 Å². The zero-order valence-electron chi connectivity index (χ0n) is 9.13. The van der Waals surface area contributed by atoms with E-state index in [0.29, 0.717) is 12.4 Å². The Hall–Kier alpha value is -1.92. The van der Waals surface area contributed by atoms with Gasteiger partial charge in [-0.1, -0.05) is 5.16 Å². The highest BCUT2D eigenvalue weighted by atomic mass is 19.1. The molecule has 0 saturated carbocycles. The summed E-state index contributed by atoms with van der Waals surface area (Å²) in [7, 11) is 1.75. The summed E-state index contributed by atoms with van der Waals surface area (Å²) in [4.78, 5) is 9.38. The number of aromatic nitrogens is 2. The molecule has 0 aliphatic rings. The molecule has 0 saturated heterocycles. The standard InChI is InChI=1S/C9H14FN5O/c1-6(3-8(11)14-16)15(2)9-12-4-7(10)5-13-9/h4-6,16H,3H2,1-2H3,(H2,11,14). The van der Waals surface area contributed by atoms with Gasteiger partial charge in [0.2, 0.25) is 5.95 Å². The van der Waals surface area contributed by atoms with Gasteiger partial charge in [0.05, 0.1) is 12.4 Å². The predicted molar refractivity (Wildman–Crippen MR) is 57.9 cm³/mol. The molecule has 88 valence electrons. The van der Waals surface area contributed by atoms with E-state index in [1.807, 2.05) is 6.92 Å². The predicted octanol–water partition coefficient (Wildman–Crippen LogP) is 0.577. The third-order valence-electron chi connectivity index (χ3n) is 2.22. The van der Waals surface area contributed by atoms with Crippen LogP contribution in [0.4, 0.5) is 10.3 Å². The largest absolute Gasteiger partial charge is 0.409 e. The van der Waals surface area contributed by atoms with Gasteiger partial charge in [0.15, 0.2) is 5.82 Å². The summed E-state index contributed by atoms with van der Waals surface area (Å²) in [6, 6.07) is -0.0543. The Bertz CT molecular complexity index is 367. The van der Waals surface area contributed by atoms with Gasteiger partial charge < -0.3 is 15.8 Å². The smallest absolute Gasteiger partial charge is 0.225 e. The molecule has 1 atom stereocenters. The summed E-state index contributed by atoms with van der Waals surface area (Å²) in [5.74, 6) is 0.0299. The van der Waals surface area contributed by atoms with Gasteiger partial charge in [-0.15, -0.1) is 0 Å². The van der Waals surface area contributed by atoms with Crippen molar-refractivity contribution in [1.82, 2.24) is 9.97 Å². The fourth-order valence-corrected chi connectivity index (χ4v) is 1.17. The molecule has 1 unspecified atom stereocenters. The zero-order valence-corrected chi connectivity index (χ0v) is 9.13. The molecule has 0 aromatic carbocycles. The Kier molecular flexibility index (Phi) is 3.98. The Balaban J connectivity index is 2.70. The Morgan fingerprint density at radius 2 is 2.19 bits per heavy atom. The van der Waals surface area contributed by atoms with E-state index in [2.05, 4.69) is 15.1 Å². The first-order chi connectivity index (χ1) is 7.54. The Morgan fingerprint density at radius 3 is 2.69 bits per heavy atom. The van der Waals surface area contributed by atoms with Crippen molar-refractivity contribution in [3.8, 4) is 0 Å². The molecule has 7 heteroatoms. The van der Waals surface area contributed by atoms with Crippen LogP contribution < -0.4 is 10.6 Å². The van der Waals surface area contributed by atoms with Crippen molar-refractivity contribution in [1.29, 1.82) is 0 Å². The van der Waals surface area contributed by atoms with Gasteiger partial charge in [-0.25, -0.2) is 14.4 Å². The number of oxime groups is 1. The van der Waals surface area contributed by atoms with E-state index in [1.54, 1.807) is 11.9 Å². The minimum atomic E-state index is -0.485. The second kappa shape index (κ2) is 5.24. The minimum Gasteiger partial charge on any atom is -0.409 e. The van der Waals surface area contributed by atoms with Crippen molar-refractivity contribution in [2.24, 2.45) is 10.9 Å². The first kappa shape index (κ1) is 12.2. The minimum absolute atomic E-state index is 0.0543. The number of hydrogen-bond donors (Lipinski definition) is 2. The summed E-state index contributed by atoms with van der Waals surface area (Å²) in [6.45, 7) is 1.87. The van der Waals surface area contributed by atoms with Gasteiger partial charge in [-0.2, -0.15) is 0 Å². The van der Waals surface area contributed by atoms with E-state index in [-0.39, 0.29) is 11.9 Å². The highest BCUT2D eigenvalue weighted by Crippen LogP contribution is 2.10. The number of halogens is 1. The highest BCUT2D eigenvalue weighted by molar-refractivity contribution is 5.80. The molecule has 16 heavy (non-hydrogen) atoms. The molecule has 0 aliphatic heterocycles. The van der Waals surface area contributed by atoms with Gasteiger partial charge in [0.1, 0.15) is 5.84 Å². The molecular weight excluding hydrogens is 213 g/mol. The topological polar surface area (TPSA) is 87.6 Å². The highest BCUT2D eigenvalue weighted by Gasteiger charge is 2.14. The first-order valence-electron chi connectivity index (χ1n) is 4.71. The quantitative estimate of drug-likeness (QED) is 0.340. The van der Waals surface area contributed by atoms with Gasteiger partial charge in [-0.05, 0) is 6.92 Å². The molecule has 1 aromatic heterocycles. The lowest BCUT2D eigenvalue weighted by Crippen LogP contribution is -2.34. The van der Waals surface area contributed by atoms with E-state index in [4.69, 9.17) is 10.9 Å². The zero-order chi connectivity index (χ0) is 12.1. The second-order valence-electron chi connectivity index (χ2n) is 3.46. The summed E-state index contributed by atoms with van der Waals surface area (Å²) in [5, 5.41) is 11.3. The molecule has 0 aliphatic carbocycles. The van der Waals surface area contributed by atoms with Gasteiger partial charge in [0, 0.05) is 19.5 Å². The number of nitrogens with zero attached hydrogens (tertiary/aromatic N) is 4. The summed E-state index contributed by atoms with van der Waals surface area (Å²) < 4.78 is 12.6. The molecule has 1 heterocycles. The van der Waals surface area contributed by atoms with Crippen LogP contribution in [0.3, 0.4) is 0 Å². The van der Waals surface area contributed by atoms with Crippen LogP contribution in [0.1, 0.15) is 13.3 Å². The Labute approximate surface area is 92.6 Å². The fourth-order valence-electron chi connectivity index (χ4n) is 1.17. The van der Waals surface area contributed by atoms with Crippen molar-refractivity contribution in [3.05, 3.63) is 18.2 Å². The van der Waals surface area contributed by atoms with Crippen molar-refractivity contribution in [2.45, 2.75) is 19.4 Å². The van der Waals surface area contributed by atoms with Crippen molar-refractivity contribution < 1.29 is 9.60 Å². The summed E-state index contributed by atoms with van der Waals surface area (Å²) in [5.41, 5.74) is 5.39. The van der Waals surface area contributed by atoms with Crippen LogP contribution in [0.5, 0.6) is 0 Å². The lowest BCUT2D eigenvalue weighted by atomic mass is 10.2. The van der Waals surface area contributed by atoms with E-state index >= 15 is 0 Å². The number of amidine groups is 1. The van der Waals surface area contributed by atoms with E-state index in [0.717, 1.165) is 12.4 Å². The summed E-state index contributed by atoms with van der Waals surface area (Å²) in [6.07, 6.45) is 2.55. The average molecular weight is 227 g/mol. The molecule has 1 rings (SSSR count). The molecule has 6 nitrogen and oxygen atoms in total. The number of hydrogen-bond acceptors (Lipinski definition) is 5. The van der Waals surface area contributed by atoms with Crippen LogP contribution in [0.2, 0.25) is 0 Å². The molecule has 3 N–H and O–H groups in total. The molecule has 0 radical (unpaired) electrons.